The SMILES string of the molecule is CCOC(=O)c1ccc(NC(=O)C[C@H]2C(=O)N(CC)C(=S)N2Cc2ccc(Cl)cc2)cc1. The molecule has 7 nitrogen and oxygen atoms in total. The summed E-state index contributed by atoms with van der Waals surface area (Å²) in [5, 5.41) is 3.80. The van der Waals surface area contributed by atoms with Crippen molar-refractivity contribution in [2.24, 2.45) is 0 Å². The van der Waals surface area contributed by atoms with E-state index in [0.717, 1.165) is 5.56 Å². The molecule has 1 aliphatic rings. The molecule has 0 spiro atoms. The second-order valence-electron chi connectivity index (χ2n) is 7.19. The molecule has 0 aromatic heterocycles. The number of thiocarbonyl (C=S) groups is 1. The van der Waals surface area contributed by atoms with Crippen molar-refractivity contribution < 1.29 is 19.1 Å². The number of ether oxygens (including phenoxy) is 1. The number of hydrogen-bond acceptors (Lipinski definition) is 5. The van der Waals surface area contributed by atoms with E-state index in [1.165, 1.54) is 4.90 Å². The Morgan fingerprint density at radius 3 is 2.34 bits per heavy atom. The van der Waals surface area contributed by atoms with E-state index in [-0.39, 0.29) is 24.8 Å². The van der Waals surface area contributed by atoms with Crippen LogP contribution in [-0.4, -0.2) is 51.9 Å². The van der Waals surface area contributed by atoms with Crippen LogP contribution in [0, 0.1) is 0 Å². The summed E-state index contributed by atoms with van der Waals surface area (Å²) in [5.41, 5.74) is 1.85. The van der Waals surface area contributed by atoms with Crippen molar-refractivity contribution in [2.45, 2.75) is 32.9 Å². The van der Waals surface area contributed by atoms with E-state index >= 15 is 0 Å². The minimum atomic E-state index is -0.697. The zero-order chi connectivity index (χ0) is 23.3. The van der Waals surface area contributed by atoms with Gasteiger partial charge in [0.15, 0.2) is 5.11 Å². The zero-order valence-electron chi connectivity index (χ0n) is 17.8. The fourth-order valence-corrected chi connectivity index (χ4v) is 3.98. The van der Waals surface area contributed by atoms with Crippen LogP contribution in [0.15, 0.2) is 48.5 Å². The summed E-state index contributed by atoms with van der Waals surface area (Å²) < 4.78 is 4.95. The lowest BCUT2D eigenvalue weighted by molar-refractivity contribution is -0.130. The predicted octanol–water partition coefficient (Wildman–Crippen LogP) is 3.86. The second-order valence-corrected chi connectivity index (χ2v) is 7.99. The molecule has 0 saturated carbocycles. The van der Waals surface area contributed by atoms with E-state index in [0.29, 0.717) is 34.5 Å². The van der Waals surface area contributed by atoms with E-state index in [1.54, 1.807) is 48.2 Å². The van der Waals surface area contributed by atoms with Crippen molar-refractivity contribution in [3.8, 4) is 0 Å². The lowest BCUT2D eigenvalue weighted by atomic mass is 10.1. The molecule has 2 aromatic carbocycles. The number of esters is 1. The first-order valence-corrected chi connectivity index (χ1v) is 11.1. The van der Waals surface area contributed by atoms with E-state index in [4.69, 9.17) is 28.6 Å². The van der Waals surface area contributed by atoms with Gasteiger partial charge in [-0.3, -0.25) is 14.5 Å². The molecule has 0 unspecified atom stereocenters. The van der Waals surface area contributed by atoms with Crippen LogP contribution >= 0.6 is 23.8 Å². The van der Waals surface area contributed by atoms with Crippen LogP contribution in [0.4, 0.5) is 5.69 Å². The van der Waals surface area contributed by atoms with E-state index in [2.05, 4.69) is 5.32 Å². The van der Waals surface area contributed by atoms with Gasteiger partial charge in [0, 0.05) is 23.8 Å². The molecule has 2 aromatic rings. The first-order valence-electron chi connectivity index (χ1n) is 10.3. The average Bonchev–Trinajstić information content (AvgIpc) is 2.99. The quantitative estimate of drug-likeness (QED) is 0.463. The smallest absolute Gasteiger partial charge is 0.338 e. The Bertz CT molecular complexity index is 1010. The molecule has 0 radical (unpaired) electrons. The van der Waals surface area contributed by atoms with Gasteiger partial charge in [0.25, 0.3) is 5.91 Å². The Morgan fingerprint density at radius 1 is 1.09 bits per heavy atom. The topological polar surface area (TPSA) is 78.9 Å². The number of hydrogen-bond donors (Lipinski definition) is 1. The Labute approximate surface area is 197 Å². The van der Waals surface area contributed by atoms with Crippen molar-refractivity contribution in [1.29, 1.82) is 0 Å². The number of nitrogens with zero attached hydrogens (tertiary/aromatic N) is 2. The molecule has 1 N–H and O–H groups in total. The number of anilines is 1. The molecule has 9 heteroatoms. The lowest BCUT2D eigenvalue weighted by Gasteiger charge is -2.24. The lowest BCUT2D eigenvalue weighted by Crippen LogP contribution is -2.37. The van der Waals surface area contributed by atoms with Crippen LogP contribution in [0.1, 0.15) is 36.2 Å². The monoisotopic (exact) mass is 473 g/mol. The Kier molecular flexibility index (Phi) is 7.82. The molecule has 168 valence electrons. The maximum absolute atomic E-state index is 12.9. The summed E-state index contributed by atoms with van der Waals surface area (Å²) in [6, 6.07) is 13.0. The summed E-state index contributed by atoms with van der Waals surface area (Å²) in [6.07, 6.45) is -0.0529. The fraction of sp³-hybridized carbons (Fsp3) is 0.304. The van der Waals surface area contributed by atoms with Gasteiger partial charge in [-0.25, -0.2) is 4.79 Å². The van der Waals surface area contributed by atoms with Gasteiger partial charge in [0.2, 0.25) is 5.91 Å². The van der Waals surface area contributed by atoms with Crippen LogP contribution in [0.3, 0.4) is 0 Å². The van der Waals surface area contributed by atoms with Gasteiger partial charge in [-0.2, -0.15) is 0 Å². The minimum Gasteiger partial charge on any atom is -0.462 e. The third-order valence-electron chi connectivity index (χ3n) is 5.04. The van der Waals surface area contributed by atoms with Crippen molar-refractivity contribution in [1.82, 2.24) is 9.80 Å². The minimum absolute atomic E-state index is 0.0529. The molecular weight excluding hydrogens is 450 g/mol. The Morgan fingerprint density at radius 2 is 1.75 bits per heavy atom. The molecule has 1 fully saturated rings. The Hall–Kier alpha value is -2.97. The molecule has 0 bridgehead atoms. The van der Waals surface area contributed by atoms with Crippen molar-refractivity contribution in [3.05, 3.63) is 64.7 Å². The first-order chi connectivity index (χ1) is 15.3. The highest BCUT2D eigenvalue weighted by molar-refractivity contribution is 7.80. The molecule has 1 atom stereocenters. The van der Waals surface area contributed by atoms with Crippen molar-refractivity contribution in [2.75, 3.05) is 18.5 Å². The summed E-state index contributed by atoms with van der Waals surface area (Å²) in [7, 11) is 0. The van der Waals surface area contributed by atoms with Gasteiger partial charge in [-0.15, -0.1) is 0 Å². The van der Waals surface area contributed by atoms with Crippen LogP contribution in [-0.2, 0) is 20.9 Å². The maximum atomic E-state index is 12.9. The molecule has 1 heterocycles. The molecular formula is C23H24ClN3O4S. The summed E-state index contributed by atoms with van der Waals surface area (Å²) >= 11 is 11.5. The average molecular weight is 474 g/mol. The van der Waals surface area contributed by atoms with Gasteiger partial charge in [0.05, 0.1) is 18.6 Å². The maximum Gasteiger partial charge on any atom is 0.338 e. The highest BCUT2D eigenvalue weighted by Gasteiger charge is 2.42. The largest absolute Gasteiger partial charge is 0.462 e. The third kappa shape index (κ3) is 5.44. The number of carbonyl (C=O) groups is 3. The Balaban J connectivity index is 1.70. The van der Waals surface area contributed by atoms with Crippen LogP contribution in [0.5, 0.6) is 0 Å². The van der Waals surface area contributed by atoms with E-state index < -0.39 is 12.0 Å². The van der Waals surface area contributed by atoms with E-state index in [1.807, 2.05) is 19.1 Å². The van der Waals surface area contributed by atoms with Crippen LogP contribution in [0.2, 0.25) is 5.02 Å². The standard InChI is InChI=1S/C23H24ClN3O4S/c1-3-26-21(29)19(27(23(26)32)14-15-5-9-17(24)10-6-15)13-20(28)25-18-11-7-16(8-12-18)22(30)31-4-2/h5-12,19H,3-4,13-14H2,1-2H3,(H,25,28)/t19-/m0/s1. The number of rotatable bonds is 8. The molecule has 1 saturated heterocycles. The van der Waals surface area contributed by atoms with Crippen molar-refractivity contribution >= 4 is 52.4 Å². The second kappa shape index (κ2) is 10.6. The molecule has 1 aliphatic heterocycles. The summed E-state index contributed by atoms with van der Waals surface area (Å²) in [5.74, 6) is -0.943. The van der Waals surface area contributed by atoms with Crippen molar-refractivity contribution in [3.63, 3.8) is 0 Å². The third-order valence-corrected chi connectivity index (χ3v) is 5.75. The van der Waals surface area contributed by atoms with Gasteiger partial charge in [0.1, 0.15) is 6.04 Å². The number of halogens is 1. The molecule has 3 rings (SSSR count). The molecule has 2 amide bonds. The molecule has 0 aliphatic carbocycles. The number of benzene rings is 2. The van der Waals surface area contributed by atoms with E-state index in [9.17, 15) is 14.4 Å². The zero-order valence-corrected chi connectivity index (χ0v) is 19.4. The number of carbonyl (C=O) groups excluding carboxylic acids is 3. The highest BCUT2D eigenvalue weighted by Crippen LogP contribution is 2.24. The highest BCUT2D eigenvalue weighted by atomic mass is 35.5. The normalized spacial score (nSPS) is 15.8. The number of amides is 2. The summed E-state index contributed by atoms with van der Waals surface area (Å²) in [4.78, 5) is 40.7. The van der Waals surface area contributed by atoms with Gasteiger partial charge in [-0.05, 0) is 68.0 Å². The number of nitrogens with one attached hydrogen (secondary N) is 1. The van der Waals surface area contributed by atoms with Gasteiger partial charge >= 0.3 is 5.97 Å². The fourth-order valence-electron chi connectivity index (χ4n) is 3.44. The number of likely N-dealkylation sites (N-methyl/N-ethyl adjacent to an activating group) is 1. The van der Waals surface area contributed by atoms with Gasteiger partial charge < -0.3 is 15.0 Å². The van der Waals surface area contributed by atoms with Gasteiger partial charge in [-0.1, -0.05) is 23.7 Å². The summed E-state index contributed by atoms with van der Waals surface area (Å²) in [6.45, 7) is 4.69. The first kappa shape index (κ1) is 23.7. The van der Waals surface area contributed by atoms with Crippen LogP contribution < -0.4 is 5.32 Å². The molecule has 32 heavy (non-hydrogen) atoms. The predicted molar refractivity (Wildman–Crippen MR) is 126 cm³/mol. The van der Waals surface area contributed by atoms with Crippen LogP contribution in [0.25, 0.3) is 0 Å².